The number of carbonyl (C=O) groups is 1. The predicted molar refractivity (Wildman–Crippen MR) is 76.0 cm³/mol. The molecular formula is C13H12ClN3O4. The van der Waals surface area contributed by atoms with Crippen LogP contribution in [-0.4, -0.2) is 27.8 Å². The Bertz CT molecular complexity index is 739. The van der Waals surface area contributed by atoms with Gasteiger partial charge in [-0.25, -0.2) is 9.48 Å². The molecule has 2 aromatic rings. The number of hydrogen-bond donors (Lipinski definition) is 0. The number of hydrogen-bond acceptors (Lipinski definition) is 5. The van der Waals surface area contributed by atoms with Gasteiger partial charge in [0.1, 0.15) is 11.4 Å². The molecule has 1 heterocycles. The molecule has 0 amide bonds. The van der Waals surface area contributed by atoms with Crippen LogP contribution in [0.2, 0.25) is 5.02 Å². The van der Waals surface area contributed by atoms with E-state index in [-0.39, 0.29) is 16.3 Å². The van der Waals surface area contributed by atoms with Gasteiger partial charge < -0.3 is 4.74 Å². The maximum absolute atomic E-state index is 11.6. The lowest BCUT2D eigenvalue weighted by Gasteiger charge is -2.07. The van der Waals surface area contributed by atoms with Crippen molar-refractivity contribution in [1.82, 2.24) is 9.78 Å². The highest BCUT2D eigenvalue weighted by Gasteiger charge is 2.23. The van der Waals surface area contributed by atoms with Crippen LogP contribution in [0.5, 0.6) is 0 Å². The normalized spacial score (nSPS) is 10.5. The first kappa shape index (κ1) is 15.0. The lowest BCUT2D eigenvalue weighted by molar-refractivity contribution is -0.386. The molecule has 0 radical (unpaired) electrons. The van der Waals surface area contributed by atoms with Crippen molar-refractivity contribution in [3.8, 4) is 5.69 Å². The molecule has 0 spiro atoms. The van der Waals surface area contributed by atoms with E-state index in [4.69, 9.17) is 11.6 Å². The number of ether oxygens (including phenoxy) is 1. The van der Waals surface area contributed by atoms with Crippen molar-refractivity contribution in [2.75, 3.05) is 7.11 Å². The van der Waals surface area contributed by atoms with E-state index in [0.717, 1.165) is 0 Å². The fourth-order valence-corrected chi connectivity index (χ4v) is 2.26. The molecule has 0 bridgehead atoms. The summed E-state index contributed by atoms with van der Waals surface area (Å²) in [5.41, 5.74) is 1.28. The topological polar surface area (TPSA) is 87.3 Å². The van der Waals surface area contributed by atoms with Gasteiger partial charge in [0.2, 0.25) is 0 Å². The Morgan fingerprint density at radius 2 is 2.10 bits per heavy atom. The first-order valence-corrected chi connectivity index (χ1v) is 6.33. The molecule has 21 heavy (non-hydrogen) atoms. The summed E-state index contributed by atoms with van der Waals surface area (Å²) in [5.74, 6) is -0.585. The summed E-state index contributed by atoms with van der Waals surface area (Å²) in [7, 11) is 1.25. The van der Waals surface area contributed by atoms with Gasteiger partial charge in [-0.3, -0.25) is 10.1 Å². The Morgan fingerprint density at radius 3 is 2.62 bits per heavy atom. The molecule has 1 aromatic carbocycles. The van der Waals surface area contributed by atoms with Crippen LogP contribution in [0.3, 0.4) is 0 Å². The van der Waals surface area contributed by atoms with Crippen LogP contribution in [0, 0.1) is 24.0 Å². The summed E-state index contributed by atoms with van der Waals surface area (Å²) >= 11 is 5.95. The summed E-state index contributed by atoms with van der Waals surface area (Å²) in [5, 5.41) is 15.4. The van der Waals surface area contributed by atoms with Crippen molar-refractivity contribution in [2.45, 2.75) is 13.8 Å². The molecule has 1 aromatic heterocycles. The SMILES string of the molecule is COC(=O)c1cc(-n2nc(C)c([N+](=O)[O-])c2C)ccc1Cl. The Hall–Kier alpha value is -2.41. The third-order valence-electron chi connectivity index (χ3n) is 3.04. The highest BCUT2D eigenvalue weighted by Crippen LogP contribution is 2.27. The molecule has 110 valence electrons. The molecular weight excluding hydrogens is 298 g/mol. The van der Waals surface area contributed by atoms with Gasteiger partial charge in [-0.2, -0.15) is 5.10 Å². The van der Waals surface area contributed by atoms with Crippen molar-refractivity contribution in [3.63, 3.8) is 0 Å². The minimum absolute atomic E-state index is 0.0513. The summed E-state index contributed by atoms with van der Waals surface area (Å²) in [6.45, 7) is 3.14. The molecule has 0 aliphatic heterocycles. The number of aryl methyl sites for hydroxylation is 1. The lowest BCUT2D eigenvalue weighted by atomic mass is 10.2. The van der Waals surface area contributed by atoms with Crippen molar-refractivity contribution in [2.24, 2.45) is 0 Å². The molecule has 8 heteroatoms. The minimum Gasteiger partial charge on any atom is -0.465 e. The van der Waals surface area contributed by atoms with E-state index in [1.54, 1.807) is 19.9 Å². The number of methoxy groups -OCH3 is 1. The summed E-state index contributed by atoms with van der Waals surface area (Å²) in [6.07, 6.45) is 0. The summed E-state index contributed by atoms with van der Waals surface area (Å²) < 4.78 is 6.04. The van der Waals surface area contributed by atoms with Crippen LogP contribution >= 0.6 is 11.6 Å². The van der Waals surface area contributed by atoms with Crippen LogP contribution in [0.1, 0.15) is 21.7 Å². The Kier molecular flexibility index (Phi) is 3.95. The molecule has 0 unspecified atom stereocenters. The van der Waals surface area contributed by atoms with E-state index in [9.17, 15) is 14.9 Å². The molecule has 0 saturated carbocycles. The number of esters is 1. The van der Waals surface area contributed by atoms with Gasteiger partial charge >= 0.3 is 11.7 Å². The van der Waals surface area contributed by atoms with Crippen molar-refractivity contribution < 1.29 is 14.5 Å². The van der Waals surface area contributed by atoms with E-state index in [0.29, 0.717) is 17.1 Å². The standard InChI is InChI=1S/C13H12ClN3O4/c1-7-12(17(19)20)8(2)16(15-7)9-4-5-11(14)10(6-9)13(18)21-3/h4-6H,1-3H3. The average molecular weight is 310 g/mol. The van der Waals surface area contributed by atoms with Crippen LogP contribution in [0.4, 0.5) is 5.69 Å². The van der Waals surface area contributed by atoms with Gasteiger partial charge in [0.25, 0.3) is 0 Å². The van der Waals surface area contributed by atoms with Crippen molar-refractivity contribution in [3.05, 3.63) is 50.3 Å². The zero-order valence-corrected chi connectivity index (χ0v) is 12.3. The van der Waals surface area contributed by atoms with Gasteiger partial charge in [0, 0.05) is 0 Å². The lowest BCUT2D eigenvalue weighted by Crippen LogP contribution is -2.06. The molecule has 0 N–H and O–H groups in total. The predicted octanol–water partition coefficient (Wildman–Crippen LogP) is 2.84. The number of aromatic nitrogens is 2. The average Bonchev–Trinajstić information content (AvgIpc) is 2.73. The molecule has 2 rings (SSSR count). The largest absolute Gasteiger partial charge is 0.465 e. The van der Waals surface area contributed by atoms with Gasteiger partial charge in [-0.15, -0.1) is 0 Å². The molecule has 0 aliphatic carbocycles. The quantitative estimate of drug-likeness (QED) is 0.494. The highest BCUT2D eigenvalue weighted by molar-refractivity contribution is 6.33. The number of halogens is 1. The van der Waals surface area contributed by atoms with Crippen LogP contribution in [0.15, 0.2) is 18.2 Å². The number of nitro groups is 1. The van der Waals surface area contributed by atoms with Gasteiger partial charge in [-0.1, -0.05) is 11.6 Å². The number of benzene rings is 1. The van der Waals surface area contributed by atoms with E-state index in [1.807, 2.05) is 0 Å². The van der Waals surface area contributed by atoms with E-state index >= 15 is 0 Å². The number of nitrogens with zero attached hydrogens (tertiary/aromatic N) is 3. The molecule has 0 aliphatic rings. The number of carbonyl (C=O) groups excluding carboxylic acids is 1. The molecule has 0 atom stereocenters. The highest BCUT2D eigenvalue weighted by atomic mass is 35.5. The fourth-order valence-electron chi connectivity index (χ4n) is 2.06. The van der Waals surface area contributed by atoms with Crippen LogP contribution < -0.4 is 0 Å². The van der Waals surface area contributed by atoms with E-state index in [1.165, 1.54) is 23.9 Å². The van der Waals surface area contributed by atoms with Gasteiger partial charge in [0.15, 0.2) is 0 Å². The Labute approximate surface area is 125 Å². The van der Waals surface area contributed by atoms with Crippen molar-refractivity contribution in [1.29, 1.82) is 0 Å². The Balaban J connectivity index is 2.61. The second kappa shape index (κ2) is 5.53. The maximum Gasteiger partial charge on any atom is 0.339 e. The maximum atomic E-state index is 11.6. The van der Waals surface area contributed by atoms with Crippen LogP contribution in [0.25, 0.3) is 5.69 Å². The van der Waals surface area contributed by atoms with Crippen LogP contribution in [-0.2, 0) is 4.74 Å². The smallest absolute Gasteiger partial charge is 0.339 e. The summed E-state index contributed by atoms with van der Waals surface area (Å²) in [4.78, 5) is 22.2. The third kappa shape index (κ3) is 2.59. The summed E-state index contributed by atoms with van der Waals surface area (Å²) in [6, 6.07) is 4.63. The molecule has 0 saturated heterocycles. The molecule has 0 fully saturated rings. The zero-order valence-electron chi connectivity index (χ0n) is 11.6. The fraction of sp³-hybridized carbons (Fsp3) is 0.231. The van der Waals surface area contributed by atoms with Crippen molar-refractivity contribution >= 4 is 23.3 Å². The minimum atomic E-state index is -0.585. The Morgan fingerprint density at radius 1 is 1.43 bits per heavy atom. The third-order valence-corrected chi connectivity index (χ3v) is 3.37. The zero-order chi connectivity index (χ0) is 15.7. The second-order valence-corrected chi connectivity index (χ2v) is 4.75. The first-order chi connectivity index (χ1) is 9.86. The van der Waals surface area contributed by atoms with Gasteiger partial charge in [0.05, 0.1) is 28.3 Å². The monoisotopic (exact) mass is 309 g/mol. The van der Waals surface area contributed by atoms with Gasteiger partial charge in [-0.05, 0) is 32.0 Å². The van der Waals surface area contributed by atoms with E-state index in [2.05, 4.69) is 9.84 Å². The molecule has 7 nitrogen and oxygen atoms in total. The number of rotatable bonds is 3. The first-order valence-electron chi connectivity index (χ1n) is 5.95. The van der Waals surface area contributed by atoms with E-state index < -0.39 is 10.9 Å². The second-order valence-electron chi connectivity index (χ2n) is 4.34.